The molecule has 0 aliphatic heterocycles. The van der Waals surface area contributed by atoms with Crippen LogP contribution in [0.5, 0.6) is 5.75 Å². The van der Waals surface area contributed by atoms with Crippen molar-refractivity contribution in [1.82, 2.24) is 4.98 Å². The van der Waals surface area contributed by atoms with E-state index in [0.29, 0.717) is 5.75 Å². The van der Waals surface area contributed by atoms with Crippen molar-refractivity contribution in [2.45, 2.75) is 0 Å². The maximum absolute atomic E-state index is 9.33. The zero-order valence-corrected chi connectivity index (χ0v) is 12.8. The van der Waals surface area contributed by atoms with Crippen LogP contribution in [0.4, 0.5) is 0 Å². The van der Waals surface area contributed by atoms with E-state index in [1.165, 1.54) is 0 Å². The fraction of sp³-hybridized carbons (Fsp3) is 0. The van der Waals surface area contributed by atoms with Crippen molar-refractivity contribution in [1.29, 1.82) is 0 Å². The highest BCUT2D eigenvalue weighted by Crippen LogP contribution is 2.42. The summed E-state index contributed by atoms with van der Waals surface area (Å²) in [6, 6.07) is 21.3. The van der Waals surface area contributed by atoms with Crippen molar-refractivity contribution < 1.29 is 14.7 Å². The number of fused-ring (bicyclic) bond motifs is 2. The first-order chi connectivity index (χ1) is 11.8. The Kier molecular flexibility index (Phi) is 3.65. The van der Waals surface area contributed by atoms with E-state index in [4.69, 9.17) is 4.65 Å². The molecule has 0 atom stereocenters. The molecule has 0 aliphatic rings. The van der Waals surface area contributed by atoms with Crippen molar-refractivity contribution >= 4 is 28.9 Å². The van der Waals surface area contributed by atoms with Gasteiger partial charge in [0.2, 0.25) is 0 Å². The van der Waals surface area contributed by atoms with Gasteiger partial charge in [-0.15, -0.1) is 0 Å². The third kappa shape index (κ3) is 2.40. The summed E-state index contributed by atoms with van der Waals surface area (Å²) in [5.41, 5.74) is 1.86. The average Bonchev–Trinajstić information content (AvgIpc) is 2.62. The monoisotopic (exact) mass is 315 g/mol. The van der Waals surface area contributed by atoms with Crippen LogP contribution >= 0.6 is 0 Å². The molecule has 0 saturated carbocycles. The van der Waals surface area contributed by atoms with E-state index in [2.05, 4.69) is 4.98 Å². The van der Waals surface area contributed by atoms with Crippen LogP contribution in [-0.2, 0) is 0 Å². The van der Waals surface area contributed by atoms with Crippen LogP contribution in [0.15, 0.2) is 72.9 Å². The zero-order chi connectivity index (χ0) is 16.5. The fourth-order valence-corrected chi connectivity index (χ4v) is 3.11. The fourth-order valence-electron chi connectivity index (χ4n) is 3.11. The summed E-state index contributed by atoms with van der Waals surface area (Å²) < 4.78 is 5.32. The molecular weight excluding hydrogens is 301 g/mol. The van der Waals surface area contributed by atoms with Crippen molar-refractivity contribution in [3.63, 3.8) is 0 Å². The number of rotatable bonds is 3. The molecule has 4 aromatic rings. The molecule has 0 saturated heterocycles. The summed E-state index contributed by atoms with van der Waals surface area (Å²) in [4.78, 5) is 4.50. The molecule has 0 radical (unpaired) electrons. The Morgan fingerprint density at radius 2 is 1.25 bits per heavy atom. The molecule has 5 heteroatoms. The van der Waals surface area contributed by atoms with E-state index in [0.717, 1.165) is 32.8 Å². The zero-order valence-electron chi connectivity index (χ0n) is 12.8. The van der Waals surface area contributed by atoms with Gasteiger partial charge in [-0.3, -0.25) is 4.98 Å². The number of nitrogens with zero attached hydrogens (tertiary/aromatic N) is 1. The first kappa shape index (κ1) is 14.7. The Morgan fingerprint density at radius 3 is 1.75 bits per heavy atom. The molecule has 3 aromatic carbocycles. The molecule has 116 valence electrons. The molecule has 0 spiro atoms. The van der Waals surface area contributed by atoms with Crippen LogP contribution in [-0.4, -0.2) is 22.4 Å². The minimum atomic E-state index is -1.88. The number of hydrogen-bond donors (Lipinski definition) is 2. The molecule has 0 amide bonds. The van der Waals surface area contributed by atoms with E-state index in [1.807, 2.05) is 66.7 Å². The number of benzene rings is 3. The van der Waals surface area contributed by atoms with Gasteiger partial charge in [-0.1, -0.05) is 54.6 Å². The molecule has 4 rings (SSSR count). The highest BCUT2D eigenvalue weighted by Gasteiger charge is 2.20. The van der Waals surface area contributed by atoms with E-state index in [1.54, 1.807) is 6.20 Å². The second kappa shape index (κ2) is 5.96. The van der Waals surface area contributed by atoms with Gasteiger partial charge >= 0.3 is 7.32 Å². The molecule has 24 heavy (non-hydrogen) atoms. The van der Waals surface area contributed by atoms with Crippen LogP contribution in [0, 0.1) is 0 Å². The predicted octanol–water partition coefficient (Wildman–Crippen LogP) is 3.40. The van der Waals surface area contributed by atoms with Crippen molar-refractivity contribution in [2.24, 2.45) is 0 Å². The third-order valence-corrected chi connectivity index (χ3v) is 4.03. The summed E-state index contributed by atoms with van der Waals surface area (Å²) in [6.45, 7) is 0. The Bertz CT molecular complexity index is 962. The van der Waals surface area contributed by atoms with Gasteiger partial charge in [-0.25, -0.2) is 0 Å². The van der Waals surface area contributed by atoms with Crippen molar-refractivity contribution in [2.75, 3.05) is 0 Å². The highest BCUT2D eigenvalue weighted by atomic mass is 16.6. The summed E-state index contributed by atoms with van der Waals surface area (Å²) >= 11 is 0. The van der Waals surface area contributed by atoms with Gasteiger partial charge in [0.25, 0.3) is 0 Å². The molecular formula is C19H14BNO3. The molecule has 0 bridgehead atoms. The minimum Gasteiger partial charge on any atom is -0.511 e. The second-order valence-electron chi connectivity index (χ2n) is 5.45. The maximum Gasteiger partial charge on any atom is 0.707 e. The van der Waals surface area contributed by atoms with Crippen molar-refractivity contribution in [3.8, 4) is 17.0 Å². The minimum absolute atomic E-state index is 0.455. The molecule has 0 aliphatic carbocycles. The van der Waals surface area contributed by atoms with E-state index in [-0.39, 0.29) is 0 Å². The Balaban J connectivity index is 2.19. The molecule has 1 heterocycles. The largest absolute Gasteiger partial charge is 0.707 e. The number of hydrogen-bond acceptors (Lipinski definition) is 4. The SMILES string of the molecule is OB(O)Oc1c2ccccc2c(-c2ccccn2)c2ccccc12. The van der Waals surface area contributed by atoms with Crippen LogP contribution in [0.25, 0.3) is 32.8 Å². The van der Waals surface area contributed by atoms with Gasteiger partial charge in [-0.2, -0.15) is 0 Å². The van der Waals surface area contributed by atoms with Crippen LogP contribution in [0.1, 0.15) is 0 Å². The highest BCUT2D eigenvalue weighted by molar-refractivity contribution is 6.35. The van der Waals surface area contributed by atoms with Gasteiger partial charge in [0.1, 0.15) is 5.75 Å². The molecule has 0 fully saturated rings. The average molecular weight is 315 g/mol. The van der Waals surface area contributed by atoms with Crippen LogP contribution in [0.3, 0.4) is 0 Å². The van der Waals surface area contributed by atoms with Gasteiger partial charge in [0.05, 0.1) is 5.69 Å². The molecule has 2 N–H and O–H groups in total. The lowest BCUT2D eigenvalue weighted by Crippen LogP contribution is -2.21. The van der Waals surface area contributed by atoms with Gasteiger partial charge < -0.3 is 14.7 Å². The Hall–Kier alpha value is -2.89. The summed E-state index contributed by atoms with van der Waals surface area (Å²) in [5.74, 6) is 0.455. The smallest absolute Gasteiger partial charge is 0.511 e. The van der Waals surface area contributed by atoms with E-state index in [9.17, 15) is 10.0 Å². The lowest BCUT2D eigenvalue weighted by molar-refractivity contribution is 0.291. The maximum atomic E-state index is 9.33. The predicted molar refractivity (Wildman–Crippen MR) is 95.5 cm³/mol. The molecule has 0 unspecified atom stereocenters. The summed E-state index contributed by atoms with van der Waals surface area (Å²) in [7, 11) is -1.88. The number of aromatic nitrogens is 1. The van der Waals surface area contributed by atoms with Crippen LogP contribution in [0.2, 0.25) is 0 Å². The Morgan fingerprint density at radius 1 is 0.708 bits per heavy atom. The first-order valence-corrected chi connectivity index (χ1v) is 7.63. The third-order valence-electron chi connectivity index (χ3n) is 4.03. The summed E-state index contributed by atoms with van der Waals surface area (Å²) in [6.07, 6.45) is 1.76. The van der Waals surface area contributed by atoms with Gasteiger partial charge in [0, 0.05) is 22.5 Å². The second-order valence-corrected chi connectivity index (χ2v) is 5.45. The number of pyridine rings is 1. The Labute approximate surface area is 139 Å². The molecule has 4 nitrogen and oxygen atoms in total. The van der Waals surface area contributed by atoms with Crippen molar-refractivity contribution in [3.05, 3.63) is 72.9 Å². The molecule has 1 aromatic heterocycles. The lowest BCUT2D eigenvalue weighted by atomic mass is 9.93. The van der Waals surface area contributed by atoms with Gasteiger partial charge in [0.15, 0.2) is 0 Å². The lowest BCUT2D eigenvalue weighted by Gasteiger charge is -2.17. The normalized spacial score (nSPS) is 10.9. The van der Waals surface area contributed by atoms with E-state index < -0.39 is 7.32 Å². The quantitative estimate of drug-likeness (QED) is 0.449. The standard InChI is InChI=1S/C19H14BNO3/c22-20(23)24-19-15-9-3-1-7-13(15)18(17-11-5-6-12-21-17)14-8-2-4-10-16(14)19/h1-12,22-23H. The first-order valence-electron chi connectivity index (χ1n) is 7.63. The topological polar surface area (TPSA) is 62.6 Å². The summed E-state index contributed by atoms with van der Waals surface area (Å²) in [5, 5.41) is 22.2. The van der Waals surface area contributed by atoms with Gasteiger partial charge in [-0.05, 0) is 22.9 Å². The van der Waals surface area contributed by atoms with E-state index >= 15 is 0 Å². The van der Waals surface area contributed by atoms with Crippen LogP contribution < -0.4 is 4.65 Å².